The summed E-state index contributed by atoms with van der Waals surface area (Å²) < 4.78 is 4.71. The fourth-order valence-electron chi connectivity index (χ4n) is 2.37. The number of benzene rings is 2. The van der Waals surface area contributed by atoms with Crippen LogP contribution in [0.4, 0.5) is 23.1 Å². The molecule has 142 valence electrons. The maximum atomic E-state index is 11.7. The van der Waals surface area contributed by atoms with Crippen molar-refractivity contribution in [2.45, 2.75) is 6.92 Å². The third-order valence-corrected chi connectivity index (χ3v) is 4.06. The minimum Gasteiger partial charge on any atom is -0.465 e. The molecule has 3 aromatic rings. The second kappa shape index (κ2) is 8.45. The van der Waals surface area contributed by atoms with Crippen LogP contribution < -0.4 is 10.6 Å². The Morgan fingerprint density at radius 2 is 1.89 bits per heavy atom. The number of carbonyl (C=O) groups excluding carboxylic acids is 2. The Morgan fingerprint density at radius 3 is 2.64 bits per heavy atom. The SMILES string of the molecule is COC(=O)c1ccc(Cl)c(Nc2cnnc(Nc3cccc(C(C)=O)c3)n2)c1. The van der Waals surface area contributed by atoms with Crippen LogP contribution in [0.5, 0.6) is 0 Å². The molecule has 0 aliphatic rings. The zero-order chi connectivity index (χ0) is 20.1. The molecule has 0 atom stereocenters. The van der Waals surface area contributed by atoms with Crippen LogP contribution in [0.15, 0.2) is 48.7 Å². The third-order valence-electron chi connectivity index (χ3n) is 3.73. The first kappa shape index (κ1) is 19.2. The number of ether oxygens (including phenoxy) is 1. The summed E-state index contributed by atoms with van der Waals surface area (Å²) in [5.74, 6) is 0.0709. The second-order valence-electron chi connectivity index (χ2n) is 5.74. The fourth-order valence-corrected chi connectivity index (χ4v) is 2.53. The Labute approximate surface area is 165 Å². The number of hydrogen-bond acceptors (Lipinski definition) is 8. The van der Waals surface area contributed by atoms with Crippen molar-refractivity contribution < 1.29 is 14.3 Å². The lowest BCUT2D eigenvalue weighted by Gasteiger charge is -2.10. The van der Waals surface area contributed by atoms with Crippen molar-refractivity contribution in [2.75, 3.05) is 17.7 Å². The number of Topliss-reactive ketones (excluding diaryl/α,β-unsaturated/α-hetero) is 1. The first-order valence-corrected chi connectivity index (χ1v) is 8.56. The van der Waals surface area contributed by atoms with Gasteiger partial charge in [-0.2, -0.15) is 10.1 Å². The van der Waals surface area contributed by atoms with Crippen molar-refractivity contribution in [3.63, 3.8) is 0 Å². The van der Waals surface area contributed by atoms with Crippen LogP contribution >= 0.6 is 11.6 Å². The maximum Gasteiger partial charge on any atom is 0.337 e. The van der Waals surface area contributed by atoms with Gasteiger partial charge >= 0.3 is 5.97 Å². The number of methoxy groups -OCH3 is 1. The number of nitrogens with zero attached hydrogens (tertiary/aromatic N) is 3. The molecule has 0 bridgehead atoms. The van der Waals surface area contributed by atoms with Gasteiger partial charge in [-0.25, -0.2) is 4.79 Å². The van der Waals surface area contributed by atoms with E-state index in [0.717, 1.165) is 0 Å². The first-order chi connectivity index (χ1) is 13.5. The number of rotatable bonds is 6. The standard InChI is InChI=1S/C19H16ClN5O3/c1-11(26)12-4-3-5-14(8-12)22-19-24-17(10-21-25-19)23-16-9-13(18(27)28-2)6-7-15(16)20/h3-10H,1-2H3,(H2,22,23,24,25). The summed E-state index contributed by atoms with van der Waals surface area (Å²) in [5.41, 5.74) is 2.03. The summed E-state index contributed by atoms with van der Waals surface area (Å²) in [5, 5.41) is 14.2. The predicted octanol–water partition coefficient (Wildman–Crippen LogP) is 4.00. The zero-order valence-corrected chi connectivity index (χ0v) is 15.8. The molecule has 0 saturated heterocycles. The molecule has 9 heteroatoms. The van der Waals surface area contributed by atoms with Gasteiger partial charge in [0.2, 0.25) is 5.95 Å². The predicted molar refractivity (Wildman–Crippen MR) is 106 cm³/mol. The number of halogens is 1. The van der Waals surface area contributed by atoms with E-state index in [2.05, 4.69) is 25.8 Å². The number of esters is 1. The van der Waals surface area contributed by atoms with Gasteiger partial charge in [0.15, 0.2) is 11.6 Å². The number of anilines is 4. The summed E-state index contributed by atoms with van der Waals surface area (Å²) in [7, 11) is 1.30. The summed E-state index contributed by atoms with van der Waals surface area (Å²) in [6.45, 7) is 1.49. The van der Waals surface area contributed by atoms with Crippen molar-refractivity contribution in [1.82, 2.24) is 15.2 Å². The van der Waals surface area contributed by atoms with E-state index < -0.39 is 5.97 Å². The van der Waals surface area contributed by atoms with Crippen molar-refractivity contribution in [3.05, 3.63) is 64.8 Å². The highest BCUT2D eigenvalue weighted by Crippen LogP contribution is 2.26. The lowest BCUT2D eigenvalue weighted by atomic mass is 10.1. The monoisotopic (exact) mass is 397 g/mol. The molecule has 0 spiro atoms. The number of aromatic nitrogens is 3. The highest BCUT2D eigenvalue weighted by Gasteiger charge is 2.10. The highest BCUT2D eigenvalue weighted by atomic mass is 35.5. The zero-order valence-electron chi connectivity index (χ0n) is 15.1. The number of nitrogens with one attached hydrogen (secondary N) is 2. The van der Waals surface area contributed by atoms with E-state index in [-0.39, 0.29) is 11.7 Å². The molecule has 1 aromatic heterocycles. The number of carbonyl (C=O) groups is 2. The number of hydrogen-bond donors (Lipinski definition) is 2. The quantitative estimate of drug-likeness (QED) is 0.474. The van der Waals surface area contributed by atoms with E-state index in [1.165, 1.54) is 20.2 Å². The van der Waals surface area contributed by atoms with Crippen molar-refractivity contribution in [1.29, 1.82) is 0 Å². The second-order valence-corrected chi connectivity index (χ2v) is 6.15. The Balaban J connectivity index is 1.81. The summed E-state index contributed by atoms with van der Waals surface area (Å²) in [6, 6.07) is 11.7. The molecule has 0 aliphatic heterocycles. The molecule has 1 heterocycles. The molecule has 0 amide bonds. The van der Waals surface area contributed by atoms with Crippen LogP contribution in [0.2, 0.25) is 5.02 Å². The maximum absolute atomic E-state index is 11.7. The Kier molecular flexibility index (Phi) is 5.81. The van der Waals surface area contributed by atoms with Gasteiger partial charge in [0.25, 0.3) is 0 Å². The molecule has 2 aromatic carbocycles. The van der Waals surface area contributed by atoms with E-state index >= 15 is 0 Å². The van der Waals surface area contributed by atoms with E-state index in [1.807, 2.05) is 0 Å². The summed E-state index contributed by atoms with van der Waals surface area (Å²) in [6.07, 6.45) is 1.41. The Morgan fingerprint density at radius 1 is 1.07 bits per heavy atom. The van der Waals surface area contributed by atoms with Gasteiger partial charge < -0.3 is 15.4 Å². The van der Waals surface area contributed by atoms with Gasteiger partial charge in [-0.05, 0) is 37.3 Å². The normalized spacial score (nSPS) is 10.2. The lowest BCUT2D eigenvalue weighted by Crippen LogP contribution is -2.05. The molecular weight excluding hydrogens is 382 g/mol. The molecule has 8 nitrogen and oxygen atoms in total. The molecule has 0 aliphatic carbocycles. The van der Waals surface area contributed by atoms with Crippen LogP contribution in [0.3, 0.4) is 0 Å². The van der Waals surface area contributed by atoms with Crippen LogP contribution in [-0.2, 0) is 4.74 Å². The third kappa shape index (κ3) is 4.60. The fraction of sp³-hybridized carbons (Fsp3) is 0.105. The summed E-state index contributed by atoms with van der Waals surface area (Å²) >= 11 is 6.18. The Bertz CT molecular complexity index is 1040. The van der Waals surface area contributed by atoms with Crippen LogP contribution in [0.25, 0.3) is 0 Å². The van der Waals surface area contributed by atoms with Gasteiger partial charge in [-0.15, -0.1) is 5.10 Å². The van der Waals surface area contributed by atoms with Gasteiger partial charge in [0, 0.05) is 11.3 Å². The minimum absolute atomic E-state index is 0.0433. The molecule has 0 saturated carbocycles. The number of ketones is 1. The topological polar surface area (TPSA) is 106 Å². The minimum atomic E-state index is -0.478. The highest BCUT2D eigenvalue weighted by molar-refractivity contribution is 6.33. The smallest absolute Gasteiger partial charge is 0.337 e. The van der Waals surface area contributed by atoms with Gasteiger partial charge in [0.05, 0.1) is 29.6 Å². The van der Waals surface area contributed by atoms with E-state index in [4.69, 9.17) is 16.3 Å². The van der Waals surface area contributed by atoms with E-state index in [1.54, 1.807) is 42.5 Å². The summed E-state index contributed by atoms with van der Waals surface area (Å²) in [4.78, 5) is 27.5. The van der Waals surface area contributed by atoms with Crippen molar-refractivity contribution in [3.8, 4) is 0 Å². The molecule has 28 heavy (non-hydrogen) atoms. The molecule has 0 fully saturated rings. The molecular formula is C19H16ClN5O3. The van der Waals surface area contributed by atoms with Crippen LogP contribution in [0.1, 0.15) is 27.6 Å². The lowest BCUT2D eigenvalue weighted by molar-refractivity contribution is 0.0600. The van der Waals surface area contributed by atoms with Crippen LogP contribution in [0, 0.1) is 0 Å². The molecule has 2 N–H and O–H groups in total. The largest absolute Gasteiger partial charge is 0.465 e. The van der Waals surface area contributed by atoms with Crippen LogP contribution in [-0.4, -0.2) is 34.0 Å². The average Bonchev–Trinajstić information content (AvgIpc) is 2.69. The molecule has 0 radical (unpaired) electrons. The van der Waals surface area contributed by atoms with E-state index in [0.29, 0.717) is 33.3 Å². The molecule has 3 rings (SSSR count). The van der Waals surface area contributed by atoms with Gasteiger partial charge in [0.1, 0.15) is 0 Å². The van der Waals surface area contributed by atoms with Crippen molar-refractivity contribution in [2.24, 2.45) is 0 Å². The van der Waals surface area contributed by atoms with Gasteiger partial charge in [-0.3, -0.25) is 4.79 Å². The van der Waals surface area contributed by atoms with E-state index in [9.17, 15) is 9.59 Å². The first-order valence-electron chi connectivity index (χ1n) is 8.19. The molecule has 0 unspecified atom stereocenters. The average molecular weight is 398 g/mol. The Hall–Kier alpha value is -3.52. The van der Waals surface area contributed by atoms with Crippen molar-refractivity contribution >= 4 is 46.5 Å². The van der Waals surface area contributed by atoms with Gasteiger partial charge in [-0.1, -0.05) is 23.7 Å².